The molecular weight excluding hydrogens is 352 g/mol. The summed E-state index contributed by atoms with van der Waals surface area (Å²) in [5, 5.41) is 5.88. The zero-order chi connectivity index (χ0) is 20.4. The van der Waals surface area contributed by atoms with Gasteiger partial charge in [-0.1, -0.05) is 50.2 Å². The van der Waals surface area contributed by atoms with Crippen LogP contribution in [0.4, 0.5) is 0 Å². The zero-order valence-corrected chi connectivity index (χ0v) is 16.6. The topological polar surface area (TPSA) is 97.1 Å². The van der Waals surface area contributed by atoms with Crippen LogP contribution in [-0.2, 0) is 16.0 Å². The molecule has 28 heavy (non-hydrogen) atoms. The fourth-order valence-electron chi connectivity index (χ4n) is 2.81. The number of aromatic nitrogens is 1. The molecule has 0 aliphatic heterocycles. The Kier molecular flexibility index (Phi) is 8.62. The number of amides is 2. The Balaban J connectivity index is 1.86. The van der Waals surface area contributed by atoms with E-state index in [1.807, 2.05) is 62.4 Å². The molecule has 1 aromatic carbocycles. The van der Waals surface area contributed by atoms with Crippen LogP contribution >= 0.6 is 0 Å². The van der Waals surface area contributed by atoms with E-state index in [2.05, 4.69) is 15.6 Å². The summed E-state index contributed by atoms with van der Waals surface area (Å²) in [6, 6.07) is 15.0. The van der Waals surface area contributed by atoms with Gasteiger partial charge in [-0.3, -0.25) is 14.6 Å². The van der Waals surface area contributed by atoms with Crippen molar-refractivity contribution >= 4 is 11.8 Å². The van der Waals surface area contributed by atoms with Gasteiger partial charge in [-0.25, -0.2) is 0 Å². The summed E-state index contributed by atoms with van der Waals surface area (Å²) < 4.78 is 0. The molecule has 0 aliphatic rings. The highest BCUT2D eigenvalue weighted by Crippen LogP contribution is 2.17. The molecule has 1 aromatic heterocycles. The molecule has 2 aromatic rings. The third kappa shape index (κ3) is 7.12. The van der Waals surface area contributed by atoms with Crippen LogP contribution in [0.2, 0.25) is 0 Å². The number of nitrogens with two attached hydrogens (primary N) is 1. The number of hydrogen-bond donors (Lipinski definition) is 3. The molecule has 0 spiro atoms. The number of rotatable bonds is 10. The van der Waals surface area contributed by atoms with Gasteiger partial charge < -0.3 is 16.4 Å². The Labute approximate surface area is 166 Å². The van der Waals surface area contributed by atoms with E-state index in [0.717, 1.165) is 11.3 Å². The van der Waals surface area contributed by atoms with Crippen molar-refractivity contribution < 1.29 is 9.59 Å². The second kappa shape index (κ2) is 11.2. The van der Waals surface area contributed by atoms with Crippen molar-refractivity contribution in [2.24, 2.45) is 11.7 Å². The number of benzene rings is 1. The summed E-state index contributed by atoms with van der Waals surface area (Å²) in [6.07, 6.45) is 3.27. The minimum absolute atomic E-state index is 0.0489. The molecule has 1 heterocycles. The maximum Gasteiger partial charge on any atom is 0.237 e. The molecule has 2 amide bonds. The van der Waals surface area contributed by atoms with E-state index < -0.39 is 6.04 Å². The molecule has 6 heteroatoms. The number of carbonyl (C=O) groups is 2. The van der Waals surface area contributed by atoms with Crippen molar-refractivity contribution in [3.8, 4) is 0 Å². The number of nitrogens with zero attached hydrogens (tertiary/aromatic N) is 1. The van der Waals surface area contributed by atoms with Crippen molar-refractivity contribution in [1.29, 1.82) is 0 Å². The van der Waals surface area contributed by atoms with Crippen LogP contribution in [0.25, 0.3) is 0 Å². The molecule has 0 saturated heterocycles. The Morgan fingerprint density at radius 2 is 1.79 bits per heavy atom. The van der Waals surface area contributed by atoms with Crippen molar-refractivity contribution in [2.75, 3.05) is 6.54 Å². The predicted octanol–water partition coefficient (Wildman–Crippen LogP) is 2.36. The van der Waals surface area contributed by atoms with Gasteiger partial charge in [-0.05, 0) is 30.0 Å². The first kappa shape index (κ1) is 21.6. The van der Waals surface area contributed by atoms with Crippen LogP contribution in [0.15, 0.2) is 54.7 Å². The van der Waals surface area contributed by atoms with Crippen LogP contribution in [0.1, 0.15) is 44.0 Å². The van der Waals surface area contributed by atoms with Gasteiger partial charge in [0.2, 0.25) is 11.8 Å². The maximum absolute atomic E-state index is 12.4. The third-order valence-electron chi connectivity index (χ3n) is 4.58. The minimum atomic E-state index is -0.519. The second-order valence-corrected chi connectivity index (χ2v) is 7.22. The van der Waals surface area contributed by atoms with E-state index >= 15 is 0 Å². The molecule has 2 atom stereocenters. The van der Waals surface area contributed by atoms with Crippen molar-refractivity contribution in [2.45, 2.75) is 45.2 Å². The molecule has 150 valence electrons. The fraction of sp³-hybridized carbons (Fsp3) is 0.409. The molecule has 0 fully saturated rings. The summed E-state index contributed by atoms with van der Waals surface area (Å²) in [6.45, 7) is 4.24. The summed E-state index contributed by atoms with van der Waals surface area (Å²) in [4.78, 5) is 28.7. The fourth-order valence-corrected chi connectivity index (χ4v) is 2.81. The number of carbonyl (C=O) groups excluding carboxylic acids is 2. The summed E-state index contributed by atoms with van der Waals surface area (Å²) in [5.41, 5.74) is 7.77. The largest absolute Gasteiger partial charge is 0.355 e. The normalized spacial score (nSPS) is 13.0. The minimum Gasteiger partial charge on any atom is -0.355 e. The second-order valence-electron chi connectivity index (χ2n) is 7.22. The van der Waals surface area contributed by atoms with Gasteiger partial charge in [0.15, 0.2) is 0 Å². The number of pyridine rings is 1. The zero-order valence-electron chi connectivity index (χ0n) is 16.6. The maximum atomic E-state index is 12.4. The molecular formula is C22H30N4O2. The van der Waals surface area contributed by atoms with Crippen LogP contribution in [0, 0.1) is 5.92 Å². The monoisotopic (exact) mass is 382 g/mol. The predicted molar refractivity (Wildman–Crippen MR) is 110 cm³/mol. The van der Waals surface area contributed by atoms with Crippen LogP contribution in [0.3, 0.4) is 0 Å². The van der Waals surface area contributed by atoms with Crippen molar-refractivity contribution in [3.63, 3.8) is 0 Å². The molecule has 2 rings (SSSR count). The van der Waals surface area contributed by atoms with Crippen LogP contribution < -0.4 is 16.4 Å². The molecule has 6 nitrogen and oxygen atoms in total. The van der Waals surface area contributed by atoms with E-state index in [0.29, 0.717) is 25.8 Å². The van der Waals surface area contributed by atoms with E-state index in [9.17, 15) is 9.59 Å². The highest BCUT2D eigenvalue weighted by molar-refractivity contribution is 5.81. The summed E-state index contributed by atoms with van der Waals surface area (Å²) in [7, 11) is 0. The smallest absolute Gasteiger partial charge is 0.237 e. The van der Waals surface area contributed by atoms with Crippen LogP contribution in [0.5, 0.6) is 0 Å². The average Bonchev–Trinajstić information content (AvgIpc) is 2.71. The number of nitrogens with one attached hydrogen (secondary N) is 2. The number of hydrogen-bond acceptors (Lipinski definition) is 4. The quantitative estimate of drug-likeness (QED) is 0.550. The average molecular weight is 383 g/mol. The van der Waals surface area contributed by atoms with E-state index in [4.69, 9.17) is 5.73 Å². The van der Waals surface area contributed by atoms with Gasteiger partial charge >= 0.3 is 0 Å². The van der Waals surface area contributed by atoms with Gasteiger partial charge in [0.1, 0.15) is 0 Å². The van der Waals surface area contributed by atoms with Gasteiger partial charge in [-0.2, -0.15) is 0 Å². The lowest BCUT2D eigenvalue weighted by molar-refractivity contribution is -0.124. The summed E-state index contributed by atoms with van der Waals surface area (Å²) >= 11 is 0. The Morgan fingerprint density at radius 3 is 2.43 bits per heavy atom. The Hall–Kier alpha value is -2.73. The molecule has 0 aliphatic carbocycles. The van der Waals surface area contributed by atoms with Crippen LogP contribution in [-0.4, -0.2) is 29.4 Å². The molecule has 0 saturated carbocycles. The van der Waals surface area contributed by atoms with E-state index in [1.54, 1.807) is 6.20 Å². The lowest BCUT2D eigenvalue weighted by Gasteiger charge is -2.19. The standard InChI is InChI=1S/C22H30N4O2/c1-16(2)21(23)22(28)25-14-8-12-20(27)26-19(17-9-4-3-5-10-17)15-18-11-6-7-13-24-18/h3-7,9-11,13,16,19,21H,8,12,14-15,23H2,1-2H3,(H,25,28)(H,26,27)/t19?,21-/m0/s1. The van der Waals surface area contributed by atoms with Crippen molar-refractivity contribution in [3.05, 3.63) is 66.0 Å². The first-order valence-corrected chi connectivity index (χ1v) is 9.75. The summed E-state index contributed by atoms with van der Waals surface area (Å²) in [5.74, 6) is -0.138. The Morgan fingerprint density at radius 1 is 1.07 bits per heavy atom. The Bertz CT molecular complexity index is 735. The van der Waals surface area contributed by atoms with E-state index in [1.165, 1.54) is 0 Å². The molecule has 4 N–H and O–H groups in total. The van der Waals surface area contributed by atoms with Gasteiger partial charge in [0, 0.05) is 31.3 Å². The van der Waals surface area contributed by atoms with E-state index in [-0.39, 0.29) is 23.8 Å². The first-order chi connectivity index (χ1) is 13.5. The third-order valence-corrected chi connectivity index (χ3v) is 4.58. The van der Waals surface area contributed by atoms with Gasteiger partial charge in [0.25, 0.3) is 0 Å². The lowest BCUT2D eigenvalue weighted by atomic mass is 10.0. The molecule has 0 radical (unpaired) electrons. The SMILES string of the molecule is CC(C)[C@H](N)C(=O)NCCCC(=O)NC(Cc1ccccn1)c1ccccc1. The van der Waals surface area contributed by atoms with Crippen molar-refractivity contribution in [1.82, 2.24) is 15.6 Å². The first-order valence-electron chi connectivity index (χ1n) is 9.75. The van der Waals surface area contributed by atoms with Gasteiger partial charge in [-0.15, -0.1) is 0 Å². The highest BCUT2D eigenvalue weighted by Gasteiger charge is 2.18. The highest BCUT2D eigenvalue weighted by atomic mass is 16.2. The lowest BCUT2D eigenvalue weighted by Crippen LogP contribution is -2.44. The van der Waals surface area contributed by atoms with Gasteiger partial charge in [0.05, 0.1) is 12.1 Å². The molecule has 1 unspecified atom stereocenters. The molecule has 0 bridgehead atoms.